The Morgan fingerprint density at radius 3 is 2.25 bits per heavy atom. The minimum atomic E-state index is -0.284. The van der Waals surface area contributed by atoms with Crippen molar-refractivity contribution in [1.29, 1.82) is 0 Å². The quantitative estimate of drug-likeness (QED) is 0.468. The Morgan fingerprint density at radius 2 is 1.64 bits per heavy atom. The Bertz CT molecular complexity index is 1020. The van der Waals surface area contributed by atoms with E-state index >= 15 is 0 Å². The van der Waals surface area contributed by atoms with Crippen LogP contribution >= 0.6 is 0 Å². The lowest BCUT2D eigenvalue weighted by atomic mass is 9.85. The van der Waals surface area contributed by atoms with Crippen molar-refractivity contribution in [3.8, 4) is 5.69 Å². The van der Waals surface area contributed by atoms with Crippen molar-refractivity contribution < 1.29 is 14.0 Å². The number of halogens is 1. The molecule has 2 amide bonds. The Balaban J connectivity index is 1.44. The van der Waals surface area contributed by atoms with Crippen LogP contribution < -0.4 is 0 Å². The van der Waals surface area contributed by atoms with E-state index in [1.807, 2.05) is 24.5 Å². The average Bonchev–Trinajstić information content (AvgIpc) is 3.40. The number of benzene rings is 1. The second-order valence-electron chi connectivity index (χ2n) is 7.87. The zero-order valence-corrected chi connectivity index (χ0v) is 15.7. The Morgan fingerprint density at radius 1 is 1.04 bits per heavy atom. The van der Waals surface area contributed by atoms with E-state index in [1.54, 1.807) is 18.3 Å². The van der Waals surface area contributed by atoms with Crippen molar-refractivity contribution in [3.05, 3.63) is 65.3 Å². The van der Waals surface area contributed by atoms with E-state index in [4.69, 9.17) is 0 Å². The summed E-state index contributed by atoms with van der Waals surface area (Å²) in [5, 5.41) is 5.33. The first-order chi connectivity index (χ1) is 13.5. The third kappa shape index (κ3) is 2.33. The third-order valence-corrected chi connectivity index (χ3v) is 6.31. The van der Waals surface area contributed by atoms with Crippen molar-refractivity contribution in [2.45, 2.75) is 20.3 Å². The normalized spacial score (nSPS) is 28.2. The van der Waals surface area contributed by atoms with E-state index in [9.17, 15) is 14.0 Å². The molecule has 5 nitrogen and oxygen atoms in total. The summed E-state index contributed by atoms with van der Waals surface area (Å²) in [5.41, 5.74) is 3.54. The second-order valence-corrected chi connectivity index (χ2v) is 7.87. The van der Waals surface area contributed by atoms with E-state index in [1.165, 1.54) is 12.1 Å². The van der Waals surface area contributed by atoms with Crippen molar-refractivity contribution in [3.63, 3.8) is 0 Å². The second kappa shape index (κ2) is 5.99. The molecule has 4 atom stereocenters. The highest BCUT2D eigenvalue weighted by atomic mass is 19.1. The fourth-order valence-electron chi connectivity index (χ4n) is 5.03. The van der Waals surface area contributed by atoms with Crippen LogP contribution in [0, 0.1) is 43.3 Å². The lowest BCUT2D eigenvalue weighted by Gasteiger charge is -2.13. The van der Waals surface area contributed by atoms with Gasteiger partial charge in [0.1, 0.15) is 5.82 Å². The highest BCUT2D eigenvalue weighted by Crippen LogP contribution is 2.52. The standard InChI is InChI=1S/C22H20FN3O2/c1-12-9-16(13(2)25(12)18-7-5-17(23)6-8-18)11-24-26-21(27)19-14-3-4-15(10-14)20(19)22(26)28/h3-9,11,14-15,19-20H,10H2,1-2H3/t14-,15-,19-,20+/m0/s1. The molecule has 0 radical (unpaired) electrons. The predicted octanol–water partition coefficient (Wildman–Crippen LogP) is 3.37. The number of aryl methyl sites for hydroxylation is 1. The molecule has 6 heteroatoms. The van der Waals surface area contributed by atoms with E-state index < -0.39 is 0 Å². The molecule has 2 bridgehead atoms. The third-order valence-electron chi connectivity index (χ3n) is 6.31. The Kier molecular flexibility index (Phi) is 3.66. The van der Waals surface area contributed by atoms with Crippen LogP contribution in [-0.2, 0) is 9.59 Å². The van der Waals surface area contributed by atoms with Crippen LogP contribution in [0.2, 0.25) is 0 Å². The Labute approximate surface area is 162 Å². The van der Waals surface area contributed by atoms with E-state index in [2.05, 4.69) is 17.3 Å². The van der Waals surface area contributed by atoms with Gasteiger partial charge in [-0.25, -0.2) is 4.39 Å². The zero-order valence-electron chi connectivity index (χ0n) is 15.7. The maximum Gasteiger partial charge on any atom is 0.254 e. The van der Waals surface area contributed by atoms with Gasteiger partial charge in [0.15, 0.2) is 0 Å². The maximum atomic E-state index is 13.2. The molecule has 0 spiro atoms. The van der Waals surface area contributed by atoms with Gasteiger partial charge in [-0.1, -0.05) is 12.2 Å². The number of carbonyl (C=O) groups is 2. The summed E-state index contributed by atoms with van der Waals surface area (Å²) in [7, 11) is 0. The molecule has 2 aliphatic carbocycles. The van der Waals surface area contributed by atoms with E-state index in [0.717, 1.165) is 34.1 Å². The van der Waals surface area contributed by atoms with Gasteiger partial charge in [0, 0.05) is 22.6 Å². The fourth-order valence-corrected chi connectivity index (χ4v) is 5.03. The van der Waals surface area contributed by atoms with Crippen LogP contribution in [0.25, 0.3) is 5.69 Å². The van der Waals surface area contributed by atoms with Crippen LogP contribution in [0.1, 0.15) is 23.4 Å². The molecular weight excluding hydrogens is 357 g/mol. The molecule has 2 aromatic rings. The number of hydrazone groups is 1. The van der Waals surface area contributed by atoms with Gasteiger partial charge < -0.3 is 4.57 Å². The smallest absolute Gasteiger partial charge is 0.254 e. The Hall–Kier alpha value is -3.02. The number of aromatic nitrogens is 1. The minimum absolute atomic E-state index is 0.176. The average molecular weight is 377 g/mol. The largest absolute Gasteiger partial charge is 0.318 e. The van der Waals surface area contributed by atoms with Crippen molar-refractivity contribution >= 4 is 18.0 Å². The van der Waals surface area contributed by atoms with Gasteiger partial charge in [-0.15, -0.1) is 0 Å². The fraction of sp³-hybridized carbons (Fsp3) is 0.318. The summed E-state index contributed by atoms with van der Waals surface area (Å²) < 4.78 is 15.2. The van der Waals surface area contributed by atoms with Gasteiger partial charge in [-0.2, -0.15) is 10.1 Å². The number of amides is 2. The van der Waals surface area contributed by atoms with E-state index in [-0.39, 0.29) is 41.3 Å². The molecule has 1 saturated heterocycles. The van der Waals surface area contributed by atoms with Crippen LogP contribution in [-0.4, -0.2) is 27.6 Å². The first-order valence-electron chi connectivity index (χ1n) is 9.50. The molecule has 1 aromatic carbocycles. The lowest BCUT2D eigenvalue weighted by Crippen LogP contribution is -2.28. The lowest BCUT2D eigenvalue weighted by molar-refractivity contribution is -0.140. The van der Waals surface area contributed by atoms with Gasteiger partial charge in [-0.3, -0.25) is 9.59 Å². The van der Waals surface area contributed by atoms with Gasteiger partial charge in [0.25, 0.3) is 11.8 Å². The SMILES string of the molecule is Cc1cc(C=NN2C(=O)[C@@H]3[C@H](C2=O)[C@H]2C=C[C@H]3C2)c(C)n1-c1ccc(F)cc1. The van der Waals surface area contributed by atoms with Crippen LogP contribution in [0.5, 0.6) is 0 Å². The predicted molar refractivity (Wildman–Crippen MR) is 102 cm³/mol. The number of hydrogen-bond donors (Lipinski definition) is 0. The minimum Gasteiger partial charge on any atom is -0.318 e. The van der Waals surface area contributed by atoms with Crippen LogP contribution in [0.3, 0.4) is 0 Å². The number of nitrogens with zero attached hydrogens (tertiary/aromatic N) is 3. The first-order valence-corrected chi connectivity index (χ1v) is 9.50. The van der Waals surface area contributed by atoms with Gasteiger partial charge in [-0.05, 0) is 62.4 Å². The molecule has 0 N–H and O–H groups in total. The molecule has 2 heterocycles. The number of hydrogen-bond acceptors (Lipinski definition) is 3. The molecule has 1 aromatic heterocycles. The highest BCUT2D eigenvalue weighted by molar-refractivity contribution is 6.06. The van der Waals surface area contributed by atoms with Crippen LogP contribution in [0.4, 0.5) is 4.39 Å². The van der Waals surface area contributed by atoms with Gasteiger partial charge in [0.05, 0.1) is 18.1 Å². The van der Waals surface area contributed by atoms with Crippen molar-refractivity contribution in [2.24, 2.45) is 28.8 Å². The highest BCUT2D eigenvalue weighted by Gasteiger charge is 2.59. The topological polar surface area (TPSA) is 54.7 Å². The van der Waals surface area contributed by atoms with Crippen molar-refractivity contribution in [2.75, 3.05) is 0 Å². The zero-order chi connectivity index (χ0) is 19.6. The molecule has 142 valence electrons. The molecule has 1 aliphatic heterocycles. The van der Waals surface area contributed by atoms with Gasteiger partial charge in [0.2, 0.25) is 0 Å². The van der Waals surface area contributed by atoms with Crippen LogP contribution in [0.15, 0.2) is 47.6 Å². The molecule has 28 heavy (non-hydrogen) atoms. The summed E-state index contributed by atoms with van der Waals surface area (Å²) in [5.74, 6) is -0.790. The first kappa shape index (κ1) is 17.1. The summed E-state index contributed by atoms with van der Waals surface area (Å²) in [6, 6.07) is 8.22. The number of imide groups is 1. The molecule has 2 fully saturated rings. The van der Waals surface area contributed by atoms with Crippen molar-refractivity contribution in [1.82, 2.24) is 9.58 Å². The number of carbonyl (C=O) groups excluding carboxylic acids is 2. The molecule has 3 aliphatic rings. The molecule has 1 saturated carbocycles. The van der Waals surface area contributed by atoms with E-state index in [0.29, 0.717) is 0 Å². The summed E-state index contributed by atoms with van der Waals surface area (Å²) in [6.45, 7) is 3.89. The molecule has 5 rings (SSSR count). The molecule has 0 unspecified atom stereocenters. The van der Waals surface area contributed by atoms with Gasteiger partial charge >= 0.3 is 0 Å². The summed E-state index contributed by atoms with van der Waals surface area (Å²) >= 11 is 0. The monoisotopic (exact) mass is 377 g/mol. The summed E-state index contributed by atoms with van der Waals surface area (Å²) in [6.07, 6.45) is 6.62. The summed E-state index contributed by atoms with van der Waals surface area (Å²) in [4.78, 5) is 25.5. The number of allylic oxidation sites excluding steroid dienone is 2. The molecular formula is C22H20FN3O2. The number of fused-ring (bicyclic) bond motifs is 5. The maximum absolute atomic E-state index is 13.2. The number of rotatable bonds is 3.